The Kier molecular flexibility index (Phi) is 3.97. The average molecular weight is 407 g/mol. The Labute approximate surface area is 179 Å². The molecule has 152 valence electrons. The zero-order chi connectivity index (χ0) is 20.8. The number of rotatable bonds is 4. The summed E-state index contributed by atoms with van der Waals surface area (Å²) in [7, 11) is 0. The van der Waals surface area contributed by atoms with E-state index in [-0.39, 0.29) is 5.54 Å². The van der Waals surface area contributed by atoms with Crippen LogP contribution < -0.4 is 5.73 Å². The number of nitrogens with one attached hydrogen (secondary N) is 1. The Morgan fingerprint density at radius 3 is 2.39 bits per heavy atom. The lowest BCUT2D eigenvalue weighted by Gasteiger charge is -2.38. The molecule has 0 aliphatic heterocycles. The first-order chi connectivity index (χ1) is 15.2. The summed E-state index contributed by atoms with van der Waals surface area (Å²) < 4.78 is 2.10. The van der Waals surface area contributed by atoms with Gasteiger partial charge in [-0.2, -0.15) is 5.10 Å². The number of benzene rings is 2. The van der Waals surface area contributed by atoms with Crippen LogP contribution in [-0.2, 0) is 5.54 Å². The van der Waals surface area contributed by atoms with E-state index in [1.54, 1.807) is 12.4 Å². The second kappa shape index (κ2) is 6.85. The zero-order valence-electron chi connectivity index (χ0n) is 16.9. The molecular formula is C24H21N7. The van der Waals surface area contributed by atoms with E-state index in [4.69, 9.17) is 15.7 Å². The van der Waals surface area contributed by atoms with Crippen molar-refractivity contribution in [2.45, 2.75) is 24.8 Å². The number of fused-ring (bicyclic) bond motifs is 1. The minimum absolute atomic E-state index is 0.178. The molecule has 7 heteroatoms. The summed E-state index contributed by atoms with van der Waals surface area (Å²) in [6.07, 6.45) is 8.59. The fourth-order valence-corrected chi connectivity index (χ4v) is 4.21. The van der Waals surface area contributed by atoms with Gasteiger partial charge in [-0.1, -0.05) is 42.5 Å². The van der Waals surface area contributed by atoms with Gasteiger partial charge in [0.1, 0.15) is 11.3 Å². The van der Waals surface area contributed by atoms with Crippen LogP contribution >= 0.6 is 0 Å². The monoisotopic (exact) mass is 407 g/mol. The van der Waals surface area contributed by atoms with Crippen LogP contribution in [0.25, 0.3) is 39.6 Å². The number of H-pyrrole nitrogens is 1. The van der Waals surface area contributed by atoms with Gasteiger partial charge < -0.3 is 5.73 Å². The molecule has 0 spiro atoms. The van der Waals surface area contributed by atoms with Crippen molar-refractivity contribution < 1.29 is 0 Å². The van der Waals surface area contributed by atoms with E-state index in [0.717, 1.165) is 41.0 Å². The molecule has 0 bridgehead atoms. The van der Waals surface area contributed by atoms with Crippen molar-refractivity contribution in [3.63, 3.8) is 0 Å². The molecule has 2 aromatic carbocycles. The summed E-state index contributed by atoms with van der Waals surface area (Å²) in [4.78, 5) is 14.2. The highest BCUT2D eigenvalue weighted by atomic mass is 15.1. The van der Waals surface area contributed by atoms with Crippen LogP contribution in [0, 0.1) is 0 Å². The first kappa shape index (κ1) is 18.0. The van der Waals surface area contributed by atoms with E-state index in [1.807, 2.05) is 24.4 Å². The van der Waals surface area contributed by atoms with Gasteiger partial charge in [0, 0.05) is 23.0 Å². The number of para-hydroxylation sites is 1. The Balaban J connectivity index is 1.52. The van der Waals surface area contributed by atoms with E-state index in [1.165, 1.54) is 12.0 Å². The first-order valence-electron chi connectivity index (χ1n) is 10.4. The Morgan fingerprint density at radius 2 is 1.71 bits per heavy atom. The molecule has 0 atom stereocenters. The smallest absolute Gasteiger partial charge is 0.182 e. The van der Waals surface area contributed by atoms with Crippen LogP contribution in [0.5, 0.6) is 0 Å². The van der Waals surface area contributed by atoms with Crippen molar-refractivity contribution >= 4 is 11.2 Å². The molecule has 6 rings (SSSR count). The third-order valence-corrected chi connectivity index (χ3v) is 6.15. The van der Waals surface area contributed by atoms with Crippen molar-refractivity contribution in [1.29, 1.82) is 0 Å². The molecule has 1 aliphatic rings. The summed E-state index contributed by atoms with van der Waals surface area (Å²) in [6, 6.07) is 18.6. The second-order valence-electron chi connectivity index (χ2n) is 8.08. The Hall–Kier alpha value is -3.84. The second-order valence-corrected chi connectivity index (χ2v) is 8.08. The van der Waals surface area contributed by atoms with Gasteiger partial charge in [-0.05, 0) is 37.0 Å². The van der Waals surface area contributed by atoms with Crippen molar-refractivity contribution in [3.8, 4) is 28.5 Å². The molecule has 1 fully saturated rings. The minimum atomic E-state index is -0.178. The fraction of sp³-hybridized carbons (Fsp3) is 0.167. The standard InChI is InChI=1S/C24H21N7/c25-24(11-4-12-24)18-9-7-16(8-10-18)23-30-22-20(31(23)19-5-2-1-3-6-19)15-26-21(29-22)17-13-27-28-14-17/h1-3,5-10,13-15H,4,11-12,25H2,(H,27,28). The summed E-state index contributed by atoms with van der Waals surface area (Å²) >= 11 is 0. The van der Waals surface area contributed by atoms with Crippen molar-refractivity contribution in [3.05, 3.63) is 78.8 Å². The van der Waals surface area contributed by atoms with Gasteiger partial charge in [-0.15, -0.1) is 0 Å². The van der Waals surface area contributed by atoms with Crippen LogP contribution in [0.1, 0.15) is 24.8 Å². The van der Waals surface area contributed by atoms with Crippen LogP contribution in [-0.4, -0.2) is 29.7 Å². The number of hydrogen-bond acceptors (Lipinski definition) is 5. The molecule has 3 N–H and O–H groups in total. The summed E-state index contributed by atoms with van der Waals surface area (Å²) in [5.74, 6) is 1.42. The van der Waals surface area contributed by atoms with E-state index in [9.17, 15) is 0 Å². The summed E-state index contributed by atoms with van der Waals surface area (Å²) in [5, 5.41) is 6.80. The molecular weight excluding hydrogens is 386 g/mol. The van der Waals surface area contributed by atoms with E-state index < -0.39 is 0 Å². The van der Waals surface area contributed by atoms with Crippen LogP contribution in [0.3, 0.4) is 0 Å². The number of hydrogen-bond donors (Lipinski definition) is 2. The normalized spacial score (nSPS) is 15.1. The first-order valence-corrected chi connectivity index (χ1v) is 10.4. The maximum absolute atomic E-state index is 6.51. The zero-order valence-corrected chi connectivity index (χ0v) is 16.9. The van der Waals surface area contributed by atoms with Crippen molar-refractivity contribution in [2.75, 3.05) is 0 Å². The van der Waals surface area contributed by atoms with E-state index >= 15 is 0 Å². The largest absolute Gasteiger partial charge is 0.321 e. The maximum atomic E-state index is 6.51. The predicted molar refractivity (Wildman–Crippen MR) is 119 cm³/mol. The van der Waals surface area contributed by atoms with Crippen LogP contribution in [0.4, 0.5) is 0 Å². The molecule has 5 aromatic rings. The maximum Gasteiger partial charge on any atom is 0.182 e. The van der Waals surface area contributed by atoms with Gasteiger partial charge in [-0.25, -0.2) is 15.0 Å². The lowest BCUT2D eigenvalue weighted by molar-refractivity contribution is 0.253. The molecule has 0 saturated heterocycles. The van der Waals surface area contributed by atoms with Gasteiger partial charge >= 0.3 is 0 Å². The lowest BCUT2D eigenvalue weighted by Crippen LogP contribution is -2.43. The van der Waals surface area contributed by atoms with Crippen molar-refractivity contribution in [1.82, 2.24) is 29.7 Å². The number of aromatic nitrogens is 6. The van der Waals surface area contributed by atoms with Gasteiger partial charge in [0.15, 0.2) is 11.5 Å². The Bertz CT molecular complexity index is 1350. The SMILES string of the molecule is NC1(c2ccc(-c3nc4nc(-c5cn[nH]c5)ncc4n3-c3ccccc3)cc2)CCC1. The highest BCUT2D eigenvalue weighted by molar-refractivity contribution is 5.81. The molecule has 0 radical (unpaired) electrons. The molecule has 0 amide bonds. The molecule has 3 heterocycles. The van der Waals surface area contributed by atoms with Gasteiger partial charge in [0.2, 0.25) is 0 Å². The van der Waals surface area contributed by atoms with Gasteiger partial charge in [0.25, 0.3) is 0 Å². The molecule has 1 saturated carbocycles. The van der Waals surface area contributed by atoms with Crippen molar-refractivity contribution in [2.24, 2.45) is 5.73 Å². The topological polar surface area (TPSA) is 98.3 Å². The van der Waals surface area contributed by atoms with Crippen LogP contribution in [0.2, 0.25) is 0 Å². The molecule has 7 nitrogen and oxygen atoms in total. The molecule has 1 aliphatic carbocycles. The minimum Gasteiger partial charge on any atom is -0.321 e. The third-order valence-electron chi connectivity index (χ3n) is 6.15. The van der Waals surface area contributed by atoms with Gasteiger partial charge in [0.05, 0.1) is 18.0 Å². The number of nitrogens with two attached hydrogens (primary N) is 1. The molecule has 0 unspecified atom stereocenters. The number of aromatic amines is 1. The molecule has 3 aromatic heterocycles. The Morgan fingerprint density at radius 1 is 0.903 bits per heavy atom. The molecule has 31 heavy (non-hydrogen) atoms. The predicted octanol–water partition coefficient (Wildman–Crippen LogP) is 4.21. The highest BCUT2D eigenvalue weighted by Gasteiger charge is 2.34. The number of nitrogens with zero attached hydrogens (tertiary/aromatic N) is 5. The van der Waals surface area contributed by atoms with Crippen LogP contribution in [0.15, 0.2) is 73.2 Å². The quantitative estimate of drug-likeness (QED) is 0.465. The lowest BCUT2D eigenvalue weighted by atomic mass is 9.73. The summed E-state index contributed by atoms with van der Waals surface area (Å²) in [5.41, 5.74) is 11.9. The number of imidazole rings is 1. The fourth-order valence-electron chi connectivity index (χ4n) is 4.21. The summed E-state index contributed by atoms with van der Waals surface area (Å²) in [6.45, 7) is 0. The van der Waals surface area contributed by atoms with E-state index in [0.29, 0.717) is 11.5 Å². The van der Waals surface area contributed by atoms with E-state index in [2.05, 4.69) is 56.1 Å². The third kappa shape index (κ3) is 2.93. The average Bonchev–Trinajstić information content (AvgIpc) is 3.46. The highest BCUT2D eigenvalue weighted by Crippen LogP contribution is 2.39. The van der Waals surface area contributed by atoms with Gasteiger partial charge in [-0.3, -0.25) is 9.67 Å².